The maximum Gasteiger partial charge on any atom is 0.494 e. The Labute approximate surface area is 188 Å². The molecule has 0 aliphatic carbocycles. The van der Waals surface area contributed by atoms with Gasteiger partial charge in [-0.3, -0.25) is 10.8 Å². The first-order chi connectivity index (χ1) is 15.1. The Morgan fingerprint density at radius 1 is 0.969 bits per heavy atom. The van der Waals surface area contributed by atoms with Crippen LogP contribution in [0.1, 0.15) is 33.3 Å². The van der Waals surface area contributed by atoms with Crippen molar-refractivity contribution < 1.29 is 14.0 Å². The van der Waals surface area contributed by atoms with E-state index < -0.39 is 18.3 Å². The highest BCUT2D eigenvalue weighted by atomic mass is 16.7. The van der Waals surface area contributed by atoms with Gasteiger partial charge in [-0.25, -0.2) is 0 Å². The SMILES string of the molecule is CC1(C)OB(c2cccc(CC(=N)n3nc(Oc4ccccc4)ccc3=N)c2)OC1(C)C. The normalized spacial score (nSPS) is 16.7. The van der Waals surface area contributed by atoms with Crippen molar-refractivity contribution in [1.82, 2.24) is 9.78 Å². The van der Waals surface area contributed by atoms with Crippen molar-refractivity contribution in [1.29, 1.82) is 10.8 Å². The largest absolute Gasteiger partial charge is 0.494 e. The highest BCUT2D eigenvalue weighted by Crippen LogP contribution is 2.36. The lowest BCUT2D eigenvalue weighted by Gasteiger charge is -2.32. The van der Waals surface area contributed by atoms with E-state index in [1.807, 2.05) is 82.3 Å². The van der Waals surface area contributed by atoms with Crippen LogP contribution in [0.15, 0.2) is 66.7 Å². The number of nitrogens with zero attached hydrogens (tertiary/aromatic N) is 2. The van der Waals surface area contributed by atoms with Crippen LogP contribution in [-0.2, 0) is 15.7 Å². The molecule has 7 nitrogen and oxygen atoms in total. The number of hydrogen-bond donors (Lipinski definition) is 2. The second-order valence-electron chi connectivity index (χ2n) is 8.84. The Bertz CT molecular complexity index is 1180. The molecular weight excluding hydrogens is 403 g/mol. The van der Waals surface area contributed by atoms with Crippen molar-refractivity contribution >= 4 is 18.4 Å². The molecule has 1 aromatic heterocycles. The van der Waals surface area contributed by atoms with Gasteiger partial charge < -0.3 is 14.0 Å². The monoisotopic (exact) mass is 430 g/mol. The maximum atomic E-state index is 8.55. The Morgan fingerprint density at radius 3 is 2.34 bits per heavy atom. The average molecular weight is 430 g/mol. The Balaban J connectivity index is 1.52. The Hall–Kier alpha value is -3.23. The van der Waals surface area contributed by atoms with Crippen LogP contribution in [0.25, 0.3) is 0 Å². The van der Waals surface area contributed by atoms with Gasteiger partial charge in [0.05, 0.1) is 11.2 Å². The zero-order valence-electron chi connectivity index (χ0n) is 18.8. The van der Waals surface area contributed by atoms with E-state index in [0.29, 0.717) is 18.1 Å². The molecule has 8 heteroatoms. The number of aromatic nitrogens is 2. The zero-order valence-corrected chi connectivity index (χ0v) is 18.8. The minimum Gasteiger partial charge on any atom is -0.438 e. The standard InChI is InChI=1S/C24H27BN4O3/c1-23(2)24(3,4)32-25(31-23)18-10-8-9-17(15-18)16-21(27)29-20(26)13-14-22(28-29)30-19-11-6-5-7-12-19/h5-15,26-27H,16H2,1-4H3. The van der Waals surface area contributed by atoms with Crippen LogP contribution in [0.5, 0.6) is 11.6 Å². The molecule has 0 saturated carbocycles. The van der Waals surface area contributed by atoms with Crippen molar-refractivity contribution in [3.8, 4) is 11.6 Å². The van der Waals surface area contributed by atoms with Gasteiger partial charge in [-0.1, -0.05) is 42.5 Å². The van der Waals surface area contributed by atoms with E-state index in [4.69, 9.17) is 24.9 Å². The first kappa shape index (κ1) is 22.0. The minimum atomic E-state index is -0.464. The van der Waals surface area contributed by atoms with Crippen LogP contribution >= 0.6 is 0 Å². The summed E-state index contributed by atoms with van der Waals surface area (Å²) in [6, 6.07) is 20.3. The predicted octanol–water partition coefficient (Wildman–Crippen LogP) is 3.52. The molecule has 1 saturated heterocycles. The summed E-state index contributed by atoms with van der Waals surface area (Å²) in [6.45, 7) is 8.09. The molecule has 0 unspecified atom stereocenters. The molecule has 0 amide bonds. The van der Waals surface area contributed by atoms with E-state index in [-0.39, 0.29) is 11.3 Å². The molecule has 2 N–H and O–H groups in total. The molecule has 2 aromatic carbocycles. The fraction of sp³-hybridized carbons (Fsp3) is 0.292. The summed E-state index contributed by atoms with van der Waals surface area (Å²) in [5, 5.41) is 21.1. The second kappa shape index (κ2) is 8.37. The first-order valence-electron chi connectivity index (χ1n) is 10.5. The van der Waals surface area contributed by atoms with Crippen LogP contribution in [-0.4, -0.2) is 33.9 Å². The molecule has 32 heavy (non-hydrogen) atoms. The molecule has 1 fully saturated rings. The third kappa shape index (κ3) is 4.51. The molecule has 0 spiro atoms. The van der Waals surface area contributed by atoms with E-state index in [0.717, 1.165) is 11.0 Å². The van der Waals surface area contributed by atoms with Crippen LogP contribution in [0.3, 0.4) is 0 Å². The number of rotatable bonds is 5. The smallest absolute Gasteiger partial charge is 0.438 e. The molecule has 3 aromatic rings. The lowest BCUT2D eigenvalue weighted by molar-refractivity contribution is 0.00578. The van der Waals surface area contributed by atoms with Crippen LogP contribution in [0, 0.1) is 10.8 Å². The number of hydrogen-bond acceptors (Lipinski definition) is 6. The number of ether oxygens (including phenoxy) is 1. The summed E-state index contributed by atoms with van der Waals surface area (Å²) in [5.74, 6) is 1.13. The average Bonchev–Trinajstić information content (AvgIpc) is 2.97. The summed E-state index contributed by atoms with van der Waals surface area (Å²) < 4.78 is 19.3. The van der Waals surface area contributed by atoms with Gasteiger partial charge in [0.25, 0.3) is 0 Å². The molecule has 4 rings (SSSR count). The number of nitrogens with one attached hydrogen (secondary N) is 2. The van der Waals surface area contributed by atoms with E-state index in [9.17, 15) is 0 Å². The first-order valence-corrected chi connectivity index (χ1v) is 10.5. The van der Waals surface area contributed by atoms with E-state index in [1.165, 1.54) is 4.68 Å². The third-order valence-corrected chi connectivity index (χ3v) is 5.88. The lowest BCUT2D eigenvalue weighted by Crippen LogP contribution is -2.41. The van der Waals surface area contributed by atoms with Gasteiger partial charge >= 0.3 is 7.12 Å². The zero-order chi connectivity index (χ0) is 22.9. The predicted molar refractivity (Wildman–Crippen MR) is 124 cm³/mol. The van der Waals surface area contributed by atoms with Crippen molar-refractivity contribution in [3.05, 3.63) is 77.8 Å². The number of benzene rings is 2. The van der Waals surface area contributed by atoms with Crippen molar-refractivity contribution in [2.24, 2.45) is 0 Å². The van der Waals surface area contributed by atoms with E-state index in [1.54, 1.807) is 12.1 Å². The van der Waals surface area contributed by atoms with Gasteiger partial charge in [-0.15, -0.1) is 5.10 Å². The fourth-order valence-electron chi connectivity index (χ4n) is 3.37. The van der Waals surface area contributed by atoms with Gasteiger partial charge in [-0.2, -0.15) is 4.68 Å². The molecule has 0 atom stereocenters. The highest BCUT2D eigenvalue weighted by molar-refractivity contribution is 6.62. The van der Waals surface area contributed by atoms with Crippen LogP contribution < -0.4 is 15.7 Å². The maximum absolute atomic E-state index is 8.55. The van der Waals surface area contributed by atoms with Crippen LogP contribution in [0.4, 0.5) is 0 Å². The van der Waals surface area contributed by atoms with Gasteiger partial charge in [-0.05, 0) is 56.9 Å². The molecule has 1 aliphatic heterocycles. The molecular formula is C24H27BN4O3. The van der Waals surface area contributed by atoms with Gasteiger partial charge in [0.1, 0.15) is 17.1 Å². The molecule has 2 heterocycles. The van der Waals surface area contributed by atoms with Gasteiger partial charge in [0, 0.05) is 12.5 Å². The summed E-state index contributed by atoms with van der Waals surface area (Å²) >= 11 is 0. The second-order valence-corrected chi connectivity index (χ2v) is 8.84. The van der Waals surface area contributed by atoms with Crippen molar-refractivity contribution in [2.75, 3.05) is 0 Å². The van der Waals surface area contributed by atoms with E-state index >= 15 is 0 Å². The molecule has 1 aliphatic rings. The van der Waals surface area contributed by atoms with Crippen molar-refractivity contribution in [2.45, 2.75) is 45.3 Å². The molecule has 0 radical (unpaired) electrons. The summed E-state index contributed by atoms with van der Waals surface area (Å²) in [7, 11) is -0.464. The highest BCUT2D eigenvalue weighted by Gasteiger charge is 2.51. The Kier molecular flexibility index (Phi) is 5.75. The van der Waals surface area contributed by atoms with E-state index in [2.05, 4.69) is 5.10 Å². The summed E-state index contributed by atoms with van der Waals surface area (Å²) in [6.07, 6.45) is 0.297. The fourth-order valence-corrected chi connectivity index (χ4v) is 3.37. The lowest BCUT2D eigenvalue weighted by atomic mass is 9.78. The van der Waals surface area contributed by atoms with Gasteiger partial charge in [0.2, 0.25) is 5.88 Å². The molecule has 0 bridgehead atoms. The molecule has 164 valence electrons. The number of para-hydroxylation sites is 1. The van der Waals surface area contributed by atoms with Gasteiger partial charge in [0.15, 0.2) is 0 Å². The summed E-state index contributed by atoms with van der Waals surface area (Å²) in [4.78, 5) is 0. The quantitative estimate of drug-likeness (QED) is 0.368. The van der Waals surface area contributed by atoms with Crippen molar-refractivity contribution in [3.63, 3.8) is 0 Å². The topological polar surface area (TPSA) is 93.2 Å². The van der Waals surface area contributed by atoms with Crippen LogP contribution in [0.2, 0.25) is 0 Å². The minimum absolute atomic E-state index is 0.109. The Morgan fingerprint density at radius 2 is 1.66 bits per heavy atom. The third-order valence-electron chi connectivity index (χ3n) is 5.88. The summed E-state index contributed by atoms with van der Waals surface area (Å²) in [5.41, 5.74) is 1.08.